The van der Waals surface area contributed by atoms with Gasteiger partial charge in [0.2, 0.25) is 0 Å². The van der Waals surface area contributed by atoms with E-state index in [1.165, 1.54) is 0 Å². The molecule has 0 fully saturated rings. The molecule has 94 valence electrons. The summed E-state index contributed by atoms with van der Waals surface area (Å²) >= 11 is 0. The number of anilines is 1. The van der Waals surface area contributed by atoms with Crippen molar-refractivity contribution in [1.82, 2.24) is 0 Å². The van der Waals surface area contributed by atoms with Crippen molar-refractivity contribution in [3.8, 4) is 0 Å². The molecule has 1 aromatic carbocycles. The molecule has 0 spiro atoms. The van der Waals surface area contributed by atoms with Gasteiger partial charge in [-0.3, -0.25) is 5.32 Å². The lowest BCUT2D eigenvalue weighted by Gasteiger charge is -2.15. The SMILES string of the molecule is CC(C)[C@H](C)CCOC(=O)Nc1ccccc1. The Hall–Kier alpha value is -1.51. The summed E-state index contributed by atoms with van der Waals surface area (Å²) in [5.41, 5.74) is 0.759. The van der Waals surface area contributed by atoms with Crippen LogP contribution < -0.4 is 5.32 Å². The molecule has 0 aromatic heterocycles. The fourth-order valence-electron chi connectivity index (χ4n) is 1.35. The van der Waals surface area contributed by atoms with E-state index in [-0.39, 0.29) is 6.09 Å². The second kappa shape index (κ2) is 6.94. The van der Waals surface area contributed by atoms with Gasteiger partial charge in [-0.05, 0) is 30.4 Å². The summed E-state index contributed by atoms with van der Waals surface area (Å²) < 4.78 is 5.12. The van der Waals surface area contributed by atoms with Gasteiger partial charge in [-0.1, -0.05) is 39.0 Å². The van der Waals surface area contributed by atoms with E-state index >= 15 is 0 Å². The zero-order valence-corrected chi connectivity index (χ0v) is 10.8. The van der Waals surface area contributed by atoms with Crippen LogP contribution >= 0.6 is 0 Å². The minimum Gasteiger partial charge on any atom is -0.449 e. The lowest BCUT2D eigenvalue weighted by atomic mass is 9.95. The summed E-state index contributed by atoms with van der Waals surface area (Å²) in [5, 5.41) is 2.68. The third-order valence-electron chi connectivity index (χ3n) is 2.96. The highest BCUT2D eigenvalue weighted by molar-refractivity contribution is 5.84. The molecular formula is C14H21NO2. The standard InChI is InChI=1S/C14H21NO2/c1-11(2)12(3)9-10-17-14(16)15-13-7-5-4-6-8-13/h4-8,11-12H,9-10H2,1-3H3,(H,15,16)/t12-/m1/s1. The zero-order valence-electron chi connectivity index (χ0n) is 10.8. The van der Waals surface area contributed by atoms with Crippen molar-refractivity contribution in [2.75, 3.05) is 11.9 Å². The first-order chi connectivity index (χ1) is 8.09. The third kappa shape index (κ3) is 5.38. The summed E-state index contributed by atoms with van der Waals surface area (Å²) in [6.07, 6.45) is 0.520. The Labute approximate surface area is 103 Å². The zero-order chi connectivity index (χ0) is 12.7. The number of hydrogen-bond donors (Lipinski definition) is 1. The fraction of sp³-hybridized carbons (Fsp3) is 0.500. The van der Waals surface area contributed by atoms with Crippen LogP contribution in [0.5, 0.6) is 0 Å². The normalized spacial score (nSPS) is 12.2. The van der Waals surface area contributed by atoms with E-state index in [2.05, 4.69) is 26.1 Å². The van der Waals surface area contributed by atoms with Crippen LogP contribution in [0.3, 0.4) is 0 Å². The molecule has 1 N–H and O–H groups in total. The van der Waals surface area contributed by atoms with Crippen LogP contribution in [0.25, 0.3) is 0 Å². The van der Waals surface area contributed by atoms with Crippen LogP contribution in [0.1, 0.15) is 27.2 Å². The van der Waals surface area contributed by atoms with E-state index in [1.54, 1.807) is 0 Å². The van der Waals surface area contributed by atoms with E-state index in [4.69, 9.17) is 4.74 Å². The average Bonchev–Trinajstić information content (AvgIpc) is 2.30. The molecule has 0 saturated carbocycles. The maximum Gasteiger partial charge on any atom is 0.411 e. The van der Waals surface area contributed by atoms with E-state index in [0.29, 0.717) is 18.4 Å². The Kier molecular flexibility index (Phi) is 5.53. The Morgan fingerprint density at radius 2 is 1.88 bits per heavy atom. The Balaban J connectivity index is 2.22. The van der Waals surface area contributed by atoms with Gasteiger partial charge in [0.1, 0.15) is 0 Å². The van der Waals surface area contributed by atoms with Gasteiger partial charge in [-0.25, -0.2) is 4.79 Å². The molecule has 1 amide bonds. The van der Waals surface area contributed by atoms with Crippen LogP contribution in [0.15, 0.2) is 30.3 Å². The molecule has 0 heterocycles. The summed E-state index contributed by atoms with van der Waals surface area (Å²) in [6.45, 7) is 6.99. The van der Waals surface area contributed by atoms with Crippen molar-refractivity contribution in [1.29, 1.82) is 0 Å². The molecule has 1 aromatic rings. The van der Waals surface area contributed by atoms with Crippen molar-refractivity contribution in [2.45, 2.75) is 27.2 Å². The van der Waals surface area contributed by atoms with E-state index in [0.717, 1.165) is 12.1 Å². The molecule has 0 aliphatic rings. The number of nitrogens with one attached hydrogen (secondary N) is 1. The van der Waals surface area contributed by atoms with Crippen LogP contribution in [0, 0.1) is 11.8 Å². The van der Waals surface area contributed by atoms with Gasteiger partial charge in [-0.2, -0.15) is 0 Å². The quantitative estimate of drug-likeness (QED) is 0.840. The first-order valence-electron chi connectivity index (χ1n) is 6.08. The Morgan fingerprint density at radius 1 is 1.24 bits per heavy atom. The minimum atomic E-state index is -0.382. The highest BCUT2D eigenvalue weighted by Gasteiger charge is 2.08. The summed E-state index contributed by atoms with van der Waals surface area (Å²) in [4.78, 5) is 11.4. The lowest BCUT2D eigenvalue weighted by molar-refractivity contribution is 0.150. The van der Waals surface area contributed by atoms with Crippen LogP contribution in [-0.2, 0) is 4.74 Å². The maximum atomic E-state index is 11.4. The van der Waals surface area contributed by atoms with E-state index in [9.17, 15) is 4.79 Å². The number of rotatable bonds is 5. The molecule has 0 aliphatic carbocycles. The topological polar surface area (TPSA) is 38.3 Å². The molecule has 0 unspecified atom stereocenters. The molecule has 0 aliphatic heterocycles. The fourth-order valence-corrected chi connectivity index (χ4v) is 1.35. The van der Waals surface area contributed by atoms with Crippen molar-refractivity contribution in [2.24, 2.45) is 11.8 Å². The predicted molar refractivity (Wildman–Crippen MR) is 70.0 cm³/mol. The van der Waals surface area contributed by atoms with E-state index < -0.39 is 0 Å². The summed E-state index contributed by atoms with van der Waals surface area (Å²) in [7, 11) is 0. The van der Waals surface area contributed by atoms with Crippen molar-refractivity contribution in [3.05, 3.63) is 30.3 Å². The third-order valence-corrected chi connectivity index (χ3v) is 2.96. The predicted octanol–water partition coefficient (Wildman–Crippen LogP) is 3.92. The molecule has 3 nitrogen and oxygen atoms in total. The van der Waals surface area contributed by atoms with Crippen molar-refractivity contribution in [3.63, 3.8) is 0 Å². The minimum absolute atomic E-state index is 0.382. The van der Waals surface area contributed by atoms with Gasteiger partial charge < -0.3 is 4.74 Å². The first kappa shape index (κ1) is 13.6. The molecule has 1 atom stereocenters. The van der Waals surface area contributed by atoms with Crippen LogP contribution in [0.2, 0.25) is 0 Å². The highest BCUT2D eigenvalue weighted by Crippen LogP contribution is 2.13. The Bertz CT molecular complexity index is 335. The van der Waals surface area contributed by atoms with Crippen LogP contribution in [-0.4, -0.2) is 12.7 Å². The average molecular weight is 235 g/mol. The van der Waals surface area contributed by atoms with Gasteiger partial charge in [0.15, 0.2) is 0 Å². The molecular weight excluding hydrogens is 214 g/mol. The molecule has 0 radical (unpaired) electrons. The largest absolute Gasteiger partial charge is 0.449 e. The van der Waals surface area contributed by atoms with Gasteiger partial charge >= 0.3 is 6.09 Å². The van der Waals surface area contributed by atoms with Gasteiger partial charge in [0, 0.05) is 5.69 Å². The van der Waals surface area contributed by atoms with Crippen molar-refractivity contribution >= 4 is 11.8 Å². The van der Waals surface area contributed by atoms with Gasteiger partial charge in [-0.15, -0.1) is 0 Å². The molecule has 3 heteroatoms. The molecule has 1 rings (SSSR count). The molecule has 0 bridgehead atoms. The van der Waals surface area contributed by atoms with Gasteiger partial charge in [0.25, 0.3) is 0 Å². The molecule has 0 saturated heterocycles. The second-order valence-electron chi connectivity index (χ2n) is 4.64. The lowest BCUT2D eigenvalue weighted by Crippen LogP contribution is -2.16. The number of ether oxygens (including phenoxy) is 1. The van der Waals surface area contributed by atoms with E-state index in [1.807, 2.05) is 30.3 Å². The molecule has 17 heavy (non-hydrogen) atoms. The number of hydrogen-bond acceptors (Lipinski definition) is 2. The summed E-state index contributed by atoms with van der Waals surface area (Å²) in [6, 6.07) is 9.31. The number of para-hydroxylation sites is 1. The second-order valence-corrected chi connectivity index (χ2v) is 4.64. The first-order valence-corrected chi connectivity index (χ1v) is 6.08. The van der Waals surface area contributed by atoms with Crippen molar-refractivity contribution < 1.29 is 9.53 Å². The van der Waals surface area contributed by atoms with Crippen LogP contribution in [0.4, 0.5) is 10.5 Å². The highest BCUT2D eigenvalue weighted by atomic mass is 16.5. The van der Waals surface area contributed by atoms with Gasteiger partial charge in [0.05, 0.1) is 6.61 Å². The Morgan fingerprint density at radius 3 is 2.47 bits per heavy atom. The number of carbonyl (C=O) groups excluding carboxylic acids is 1. The number of amides is 1. The summed E-state index contributed by atoms with van der Waals surface area (Å²) in [5.74, 6) is 1.19. The smallest absolute Gasteiger partial charge is 0.411 e. The maximum absolute atomic E-state index is 11.4. The number of carbonyl (C=O) groups is 1. The monoisotopic (exact) mass is 235 g/mol. The number of benzene rings is 1.